The van der Waals surface area contributed by atoms with Gasteiger partial charge < -0.3 is 20.1 Å². The van der Waals surface area contributed by atoms with Gasteiger partial charge in [0.1, 0.15) is 11.6 Å². The Morgan fingerprint density at radius 3 is 2.27 bits per heavy atom. The lowest BCUT2D eigenvalue weighted by atomic mass is 10.0. The Labute approximate surface area is 155 Å². The first-order chi connectivity index (χ1) is 11.9. The van der Waals surface area contributed by atoms with Crippen molar-refractivity contribution in [2.24, 2.45) is 5.92 Å². The zero-order valence-corrected chi connectivity index (χ0v) is 17.0. The molecule has 1 unspecified atom stereocenters. The molecule has 0 aromatic carbocycles. The van der Waals surface area contributed by atoms with E-state index in [1.54, 1.807) is 34.6 Å². The summed E-state index contributed by atoms with van der Waals surface area (Å²) in [4.78, 5) is 24.2. The highest BCUT2D eigenvalue weighted by atomic mass is 32.2. The fraction of sp³-hybridized carbons (Fsp3) is 0.875. The molecule has 1 aliphatic heterocycles. The van der Waals surface area contributed by atoms with Crippen molar-refractivity contribution in [1.29, 1.82) is 0 Å². The fourth-order valence-electron chi connectivity index (χ4n) is 2.34. The molecule has 1 heterocycles. The lowest BCUT2D eigenvalue weighted by Crippen LogP contribution is -2.52. The minimum atomic E-state index is -3.45. The van der Waals surface area contributed by atoms with Crippen molar-refractivity contribution in [2.75, 3.05) is 38.6 Å². The molecule has 2 amide bonds. The normalized spacial score (nSPS) is 17.6. The Morgan fingerprint density at radius 1 is 1.19 bits per heavy atom. The van der Waals surface area contributed by atoms with Crippen molar-refractivity contribution in [3.63, 3.8) is 0 Å². The van der Waals surface area contributed by atoms with Crippen molar-refractivity contribution in [1.82, 2.24) is 14.9 Å². The summed E-state index contributed by atoms with van der Waals surface area (Å²) in [6, 6.07) is -0.809. The second-order valence-corrected chi connectivity index (χ2v) is 9.57. The third-order valence-corrected chi connectivity index (χ3v) is 5.52. The van der Waals surface area contributed by atoms with E-state index in [2.05, 4.69) is 10.6 Å². The number of hydrogen-bond donors (Lipinski definition) is 2. The predicted octanol–water partition coefficient (Wildman–Crippen LogP) is 0.314. The minimum Gasteiger partial charge on any atom is -0.444 e. The van der Waals surface area contributed by atoms with Gasteiger partial charge in [0, 0.05) is 19.6 Å². The summed E-state index contributed by atoms with van der Waals surface area (Å²) in [5, 5.41) is 5.12. The van der Waals surface area contributed by atoms with Crippen LogP contribution >= 0.6 is 0 Å². The van der Waals surface area contributed by atoms with Gasteiger partial charge in [-0.05, 0) is 26.7 Å². The molecule has 0 aromatic rings. The molecule has 0 spiro atoms. The number of nitrogens with one attached hydrogen (secondary N) is 2. The van der Waals surface area contributed by atoms with Gasteiger partial charge in [-0.2, -0.15) is 4.31 Å². The number of carbonyl (C=O) groups excluding carboxylic acids is 2. The maximum Gasteiger partial charge on any atom is 0.408 e. The van der Waals surface area contributed by atoms with Crippen molar-refractivity contribution >= 4 is 22.0 Å². The summed E-state index contributed by atoms with van der Waals surface area (Å²) in [5.74, 6) is -0.822. The molecule has 152 valence electrons. The SMILES string of the molecule is CC(C)C(NC(=O)OC(C)(C)C)C(=O)NCCS(=O)(=O)N1CCOCC1. The Hall–Kier alpha value is -1.39. The van der Waals surface area contributed by atoms with Gasteiger partial charge in [-0.15, -0.1) is 0 Å². The summed E-state index contributed by atoms with van der Waals surface area (Å²) >= 11 is 0. The van der Waals surface area contributed by atoms with Crippen molar-refractivity contribution in [3.8, 4) is 0 Å². The van der Waals surface area contributed by atoms with E-state index in [0.29, 0.717) is 26.3 Å². The molecule has 0 bridgehead atoms. The van der Waals surface area contributed by atoms with Gasteiger partial charge >= 0.3 is 6.09 Å². The number of rotatable bonds is 7. The van der Waals surface area contributed by atoms with E-state index >= 15 is 0 Å². The van der Waals surface area contributed by atoms with E-state index in [0.717, 1.165) is 0 Å². The number of amides is 2. The second-order valence-electron chi connectivity index (χ2n) is 7.49. The number of carbonyl (C=O) groups is 2. The van der Waals surface area contributed by atoms with Crippen LogP contribution in [0.4, 0.5) is 4.79 Å². The molecule has 1 aliphatic rings. The van der Waals surface area contributed by atoms with Gasteiger partial charge in [-0.25, -0.2) is 13.2 Å². The highest BCUT2D eigenvalue weighted by Crippen LogP contribution is 2.09. The summed E-state index contributed by atoms with van der Waals surface area (Å²) in [6.07, 6.45) is -0.688. The van der Waals surface area contributed by atoms with Crippen LogP contribution in [0.25, 0.3) is 0 Å². The molecule has 2 N–H and O–H groups in total. The third kappa shape index (κ3) is 7.88. The van der Waals surface area contributed by atoms with E-state index in [9.17, 15) is 18.0 Å². The highest BCUT2D eigenvalue weighted by Gasteiger charge is 2.28. The van der Waals surface area contributed by atoms with Crippen LogP contribution in [0.5, 0.6) is 0 Å². The van der Waals surface area contributed by atoms with Crippen LogP contribution in [-0.4, -0.2) is 75.0 Å². The first-order valence-corrected chi connectivity index (χ1v) is 10.4. The van der Waals surface area contributed by atoms with Gasteiger partial charge in [0.25, 0.3) is 0 Å². The standard InChI is InChI=1S/C16H31N3O6S/c1-12(2)13(18-15(21)25-16(3,4)5)14(20)17-6-11-26(22,23)19-7-9-24-10-8-19/h12-13H,6-11H2,1-5H3,(H,17,20)(H,18,21). The number of morpholine rings is 1. The predicted molar refractivity (Wildman–Crippen MR) is 97.2 cm³/mol. The average molecular weight is 394 g/mol. The molecule has 0 aromatic heterocycles. The topological polar surface area (TPSA) is 114 Å². The zero-order chi connectivity index (χ0) is 20.0. The molecule has 1 fully saturated rings. The lowest BCUT2D eigenvalue weighted by molar-refractivity contribution is -0.124. The number of ether oxygens (including phenoxy) is 2. The molecule has 1 rings (SSSR count). The summed E-state index contributed by atoms with van der Waals surface area (Å²) < 4.78 is 36.1. The van der Waals surface area contributed by atoms with Crippen molar-refractivity contribution < 1.29 is 27.5 Å². The number of alkyl carbamates (subject to hydrolysis) is 1. The molecule has 1 atom stereocenters. The van der Waals surface area contributed by atoms with E-state index in [4.69, 9.17) is 9.47 Å². The van der Waals surface area contributed by atoms with Gasteiger partial charge in [0.15, 0.2) is 0 Å². The molecule has 9 nitrogen and oxygen atoms in total. The van der Waals surface area contributed by atoms with Crippen LogP contribution in [0.1, 0.15) is 34.6 Å². The number of hydrogen-bond acceptors (Lipinski definition) is 6. The fourth-order valence-corrected chi connectivity index (χ4v) is 3.66. The van der Waals surface area contributed by atoms with E-state index in [-0.39, 0.29) is 18.2 Å². The maximum atomic E-state index is 12.3. The lowest BCUT2D eigenvalue weighted by Gasteiger charge is -2.27. The highest BCUT2D eigenvalue weighted by molar-refractivity contribution is 7.89. The maximum absolute atomic E-state index is 12.3. The van der Waals surface area contributed by atoms with E-state index in [1.807, 2.05) is 0 Å². The first kappa shape index (κ1) is 22.7. The summed E-state index contributed by atoms with van der Waals surface area (Å²) in [6.45, 7) is 10.1. The van der Waals surface area contributed by atoms with Gasteiger partial charge in [0.05, 0.1) is 19.0 Å². The molecule has 0 aliphatic carbocycles. The zero-order valence-electron chi connectivity index (χ0n) is 16.2. The van der Waals surface area contributed by atoms with Crippen LogP contribution < -0.4 is 10.6 Å². The summed E-state index contributed by atoms with van der Waals surface area (Å²) in [5.41, 5.74) is -0.672. The Bertz CT molecular complexity index is 579. The molecular formula is C16H31N3O6S. The molecule has 1 saturated heterocycles. The monoisotopic (exact) mass is 393 g/mol. The molecule has 26 heavy (non-hydrogen) atoms. The minimum absolute atomic E-state index is 0.0300. The number of nitrogens with zero attached hydrogens (tertiary/aromatic N) is 1. The van der Waals surface area contributed by atoms with Crippen LogP contribution in [0.2, 0.25) is 0 Å². The Kier molecular flexibility index (Phi) is 8.29. The van der Waals surface area contributed by atoms with Gasteiger partial charge in [-0.1, -0.05) is 13.8 Å². The number of sulfonamides is 1. The van der Waals surface area contributed by atoms with E-state index in [1.165, 1.54) is 4.31 Å². The van der Waals surface area contributed by atoms with Crippen molar-refractivity contribution in [2.45, 2.75) is 46.3 Å². The largest absolute Gasteiger partial charge is 0.444 e. The van der Waals surface area contributed by atoms with Crippen molar-refractivity contribution in [3.05, 3.63) is 0 Å². The first-order valence-electron chi connectivity index (χ1n) is 8.75. The Balaban J connectivity index is 2.53. The second kappa shape index (κ2) is 9.52. The Morgan fingerprint density at radius 2 is 1.77 bits per heavy atom. The van der Waals surface area contributed by atoms with Gasteiger partial charge in [0.2, 0.25) is 15.9 Å². The average Bonchev–Trinajstić information content (AvgIpc) is 2.51. The molecule has 0 saturated carbocycles. The van der Waals surface area contributed by atoms with Crippen LogP contribution in [0, 0.1) is 5.92 Å². The third-order valence-electron chi connectivity index (χ3n) is 3.64. The smallest absolute Gasteiger partial charge is 0.408 e. The van der Waals surface area contributed by atoms with Crippen LogP contribution in [0.3, 0.4) is 0 Å². The molecule has 10 heteroatoms. The molecular weight excluding hydrogens is 362 g/mol. The van der Waals surface area contributed by atoms with Gasteiger partial charge in [-0.3, -0.25) is 4.79 Å². The van der Waals surface area contributed by atoms with Crippen LogP contribution in [0.15, 0.2) is 0 Å². The quantitative estimate of drug-likeness (QED) is 0.644. The molecule has 0 radical (unpaired) electrons. The summed E-state index contributed by atoms with van der Waals surface area (Å²) in [7, 11) is -3.45. The van der Waals surface area contributed by atoms with E-state index < -0.39 is 33.7 Å². The van der Waals surface area contributed by atoms with Crippen LogP contribution in [-0.2, 0) is 24.3 Å².